The standard InChI is InChI=1S/C13H13NO2/c14-7-10-8-15-16-12-6-5-9-3-1-2-4-11(9)13(10)12/h1-6,10H,7-8,14H2. The van der Waals surface area contributed by atoms with Gasteiger partial charge < -0.3 is 10.6 Å². The molecule has 2 N–H and O–H groups in total. The first kappa shape index (κ1) is 9.63. The molecule has 1 aliphatic rings. The average Bonchev–Trinajstić information content (AvgIpc) is 2.37. The Morgan fingerprint density at radius 1 is 1.19 bits per heavy atom. The van der Waals surface area contributed by atoms with Gasteiger partial charge in [0.15, 0.2) is 5.75 Å². The minimum atomic E-state index is 0.217. The molecule has 2 aromatic carbocycles. The lowest BCUT2D eigenvalue weighted by molar-refractivity contribution is -0.220. The van der Waals surface area contributed by atoms with Gasteiger partial charge in [0, 0.05) is 18.0 Å². The highest BCUT2D eigenvalue weighted by Gasteiger charge is 2.23. The first-order valence-corrected chi connectivity index (χ1v) is 5.41. The van der Waals surface area contributed by atoms with Crippen molar-refractivity contribution in [3.63, 3.8) is 0 Å². The molecule has 1 atom stereocenters. The molecule has 0 amide bonds. The molecule has 3 heteroatoms. The first-order chi connectivity index (χ1) is 7.90. The van der Waals surface area contributed by atoms with Crippen LogP contribution in [0.3, 0.4) is 0 Å². The number of rotatable bonds is 1. The Kier molecular flexibility index (Phi) is 2.27. The molecule has 3 rings (SSSR count). The normalized spacial score (nSPS) is 19.2. The Morgan fingerprint density at radius 3 is 2.94 bits per heavy atom. The van der Waals surface area contributed by atoms with E-state index < -0.39 is 0 Å². The van der Waals surface area contributed by atoms with Crippen molar-refractivity contribution in [3.05, 3.63) is 42.0 Å². The molecule has 0 bridgehead atoms. The lowest BCUT2D eigenvalue weighted by Gasteiger charge is -2.24. The van der Waals surface area contributed by atoms with Gasteiger partial charge in [-0.05, 0) is 16.8 Å². The van der Waals surface area contributed by atoms with E-state index in [0.29, 0.717) is 13.2 Å². The summed E-state index contributed by atoms with van der Waals surface area (Å²) in [7, 11) is 0. The summed E-state index contributed by atoms with van der Waals surface area (Å²) in [6, 6.07) is 12.2. The van der Waals surface area contributed by atoms with Crippen LogP contribution in [0.2, 0.25) is 0 Å². The maximum Gasteiger partial charge on any atom is 0.169 e. The molecule has 0 saturated carbocycles. The highest BCUT2D eigenvalue weighted by Crippen LogP contribution is 2.36. The highest BCUT2D eigenvalue weighted by atomic mass is 17.2. The van der Waals surface area contributed by atoms with E-state index in [4.69, 9.17) is 15.5 Å². The van der Waals surface area contributed by atoms with Crippen LogP contribution in [0.4, 0.5) is 0 Å². The van der Waals surface area contributed by atoms with E-state index in [1.165, 1.54) is 16.3 Å². The zero-order chi connectivity index (χ0) is 11.0. The number of hydrogen-bond acceptors (Lipinski definition) is 3. The maximum absolute atomic E-state index is 5.77. The third-order valence-corrected chi connectivity index (χ3v) is 3.04. The second-order valence-corrected chi connectivity index (χ2v) is 4.00. The molecule has 0 spiro atoms. The van der Waals surface area contributed by atoms with Gasteiger partial charge in [0.2, 0.25) is 0 Å². The molecule has 82 valence electrons. The summed E-state index contributed by atoms with van der Waals surface area (Å²) >= 11 is 0. The average molecular weight is 215 g/mol. The minimum absolute atomic E-state index is 0.217. The molecule has 0 aromatic heterocycles. The molecule has 16 heavy (non-hydrogen) atoms. The van der Waals surface area contributed by atoms with Crippen LogP contribution in [0.25, 0.3) is 10.8 Å². The van der Waals surface area contributed by atoms with Crippen LogP contribution in [-0.4, -0.2) is 13.2 Å². The minimum Gasteiger partial charge on any atom is -0.337 e. The summed E-state index contributed by atoms with van der Waals surface area (Å²) in [6.07, 6.45) is 0. The van der Waals surface area contributed by atoms with E-state index >= 15 is 0 Å². The number of fused-ring (bicyclic) bond motifs is 3. The Balaban J connectivity index is 2.30. The Morgan fingerprint density at radius 2 is 2.06 bits per heavy atom. The first-order valence-electron chi connectivity index (χ1n) is 5.41. The molecule has 0 radical (unpaired) electrons. The van der Waals surface area contributed by atoms with Crippen molar-refractivity contribution in [1.29, 1.82) is 0 Å². The van der Waals surface area contributed by atoms with Gasteiger partial charge in [-0.1, -0.05) is 30.3 Å². The van der Waals surface area contributed by atoms with Crippen molar-refractivity contribution in [2.75, 3.05) is 13.2 Å². The molecule has 0 fully saturated rings. The topological polar surface area (TPSA) is 44.5 Å². The summed E-state index contributed by atoms with van der Waals surface area (Å²) in [5, 5.41) is 2.42. The monoisotopic (exact) mass is 215 g/mol. The fraction of sp³-hybridized carbons (Fsp3) is 0.231. The van der Waals surface area contributed by atoms with Crippen molar-refractivity contribution >= 4 is 10.8 Å². The van der Waals surface area contributed by atoms with E-state index in [1.807, 2.05) is 24.3 Å². The number of nitrogens with two attached hydrogens (primary N) is 1. The smallest absolute Gasteiger partial charge is 0.169 e. The summed E-state index contributed by atoms with van der Waals surface area (Å²) in [5.41, 5.74) is 6.95. The maximum atomic E-state index is 5.77. The zero-order valence-electron chi connectivity index (χ0n) is 8.85. The summed E-state index contributed by atoms with van der Waals surface area (Å²) in [4.78, 5) is 10.3. The van der Waals surface area contributed by atoms with E-state index in [-0.39, 0.29) is 5.92 Å². The Bertz CT molecular complexity index is 524. The largest absolute Gasteiger partial charge is 0.337 e. The molecule has 1 unspecified atom stereocenters. The van der Waals surface area contributed by atoms with Crippen LogP contribution >= 0.6 is 0 Å². The van der Waals surface area contributed by atoms with Gasteiger partial charge in [-0.3, -0.25) is 0 Å². The summed E-state index contributed by atoms with van der Waals surface area (Å²) in [6.45, 7) is 1.10. The van der Waals surface area contributed by atoms with Gasteiger partial charge in [0.25, 0.3) is 0 Å². The Hall–Kier alpha value is -1.58. The second-order valence-electron chi connectivity index (χ2n) is 4.00. The van der Waals surface area contributed by atoms with Crippen LogP contribution in [0.15, 0.2) is 36.4 Å². The fourth-order valence-electron chi connectivity index (χ4n) is 2.22. The fourth-order valence-corrected chi connectivity index (χ4v) is 2.22. The number of benzene rings is 2. The highest BCUT2D eigenvalue weighted by molar-refractivity contribution is 5.88. The van der Waals surface area contributed by atoms with Crippen molar-refractivity contribution in [2.24, 2.45) is 5.73 Å². The second kappa shape index (κ2) is 3.77. The molecule has 1 heterocycles. The van der Waals surface area contributed by atoms with Crippen molar-refractivity contribution < 1.29 is 9.78 Å². The molecular weight excluding hydrogens is 202 g/mol. The predicted molar refractivity (Wildman–Crippen MR) is 62.3 cm³/mol. The summed E-state index contributed by atoms with van der Waals surface area (Å²) < 4.78 is 0. The van der Waals surface area contributed by atoms with E-state index in [0.717, 1.165) is 5.75 Å². The quantitative estimate of drug-likeness (QED) is 0.742. The third-order valence-electron chi connectivity index (χ3n) is 3.04. The van der Waals surface area contributed by atoms with Crippen LogP contribution in [0.5, 0.6) is 5.75 Å². The molecule has 1 aliphatic heterocycles. The van der Waals surface area contributed by atoms with Gasteiger partial charge in [-0.15, -0.1) is 0 Å². The molecule has 0 aliphatic carbocycles. The van der Waals surface area contributed by atoms with E-state index in [1.54, 1.807) is 0 Å². The van der Waals surface area contributed by atoms with Gasteiger partial charge in [0.05, 0.1) is 0 Å². The van der Waals surface area contributed by atoms with Crippen LogP contribution < -0.4 is 10.6 Å². The SMILES string of the molecule is NCC1COOc2ccc3ccccc3c21. The molecular formula is C13H13NO2. The zero-order valence-corrected chi connectivity index (χ0v) is 8.85. The van der Waals surface area contributed by atoms with Crippen LogP contribution in [0, 0.1) is 0 Å². The van der Waals surface area contributed by atoms with Gasteiger partial charge in [-0.2, -0.15) is 4.89 Å². The van der Waals surface area contributed by atoms with Crippen molar-refractivity contribution in [1.82, 2.24) is 0 Å². The van der Waals surface area contributed by atoms with Gasteiger partial charge in [0.1, 0.15) is 6.61 Å². The molecule has 2 aromatic rings. The Labute approximate surface area is 93.7 Å². The third kappa shape index (κ3) is 1.37. The van der Waals surface area contributed by atoms with E-state index in [9.17, 15) is 0 Å². The molecule has 0 saturated heterocycles. The van der Waals surface area contributed by atoms with Crippen LogP contribution in [-0.2, 0) is 4.89 Å². The number of hydrogen-bond donors (Lipinski definition) is 1. The van der Waals surface area contributed by atoms with Crippen molar-refractivity contribution in [2.45, 2.75) is 5.92 Å². The lowest BCUT2D eigenvalue weighted by atomic mass is 9.92. The van der Waals surface area contributed by atoms with Gasteiger partial charge in [-0.25, -0.2) is 0 Å². The predicted octanol–water partition coefficient (Wildman–Crippen LogP) is 2.21. The summed E-state index contributed by atoms with van der Waals surface area (Å²) in [5.74, 6) is 1.01. The van der Waals surface area contributed by atoms with E-state index in [2.05, 4.69) is 12.1 Å². The van der Waals surface area contributed by atoms with Gasteiger partial charge >= 0.3 is 0 Å². The lowest BCUT2D eigenvalue weighted by Crippen LogP contribution is -2.24. The van der Waals surface area contributed by atoms with Crippen molar-refractivity contribution in [3.8, 4) is 5.75 Å². The molecule has 3 nitrogen and oxygen atoms in total. The van der Waals surface area contributed by atoms with Crippen LogP contribution in [0.1, 0.15) is 11.5 Å².